The standard InChI is InChI=1S/2C6H8O6S.3Ca/c2*7-3(8)1-6(12,5(10)11)2-4(9)13;;;/h2*12H,1-2H2,(H,7,8)(H,9,13)(H,10,11);;;/q;;3*+2/p-6. The van der Waals surface area contributed by atoms with E-state index in [1.165, 1.54) is 0 Å². The molecule has 0 bridgehead atoms. The van der Waals surface area contributed by atoms with E-state index in [9.17, 15) is 49.8 Å². The summed E-state index contributed by atoms with van der Waals surface area (Å²) in [7, 11) is 0. The van der Waals surface area contributed by atoms with Crippen molar-refractivity contribution < 1.29 is 60.0 Å². The van der Waals surface area contributed by atoms with Crippen LogP contribution in [0.3, 0.4) is 0 Å². The first kappa shape index (κ1) is 40.7. The van der Waals surface area contributed by atoms with Crippen molar-refractivity contribution in [3.63, 3.8) is 0 Å². The van der Waals surface area contributed by atoms with Gasteiger partial charge in [-0.2, -0.15) is 0 Å². The number of carbonyl (C=O) groups excluding carboxylic acids is 4. The molecule has 0 saturated carbocycles. The minimum Gasteiger partial charge on any atom is -0.867 e. The summed E-state index contributed by atoms with van der Waals surface area (Å²) in [5, 5.41) is 77.1. The Kier molecular flexibility index (Phi) is 26.5. The predicted octanol–water partition coefficient (Wildman–Crippen LogP) is -9.77. The van der Waals surface area contributed by atoms with Crippen LogP contribution < -0.4 is 30.6 Å². The van der Waals surface area contributed by atoms with Gasteiger partial charge in [-0.1, -0.05) is 10.1 Å². The molecule has 12 nitrogen and oxygen atoms in total. The Labute approximate surface area is 264 Å². The monoisotopic (exact) mass is 530 g/mol. The zero-order valence-corrected chi connectivity index (χ0v) is 23.0. The van der Waals surface area contributed by atoms with Crippen LogP contribution in [-0.2, 0) is 19.2 Å². The summed E-state index contributed by atoms with van der Waals surface area (Å²) in [4.78, 5) is 40.5. The number of carboxylic acid groups (broad SMARTS) is 4. The number of rotatable bonds is 10. The van der Waals surface area contributed by atoms with Crippen LogP contribution in [0.5, 0.6) is 0 Å². The van der Waals surface area contributed by atoms with Gasteiger partial charge in [0.2, 0.25) is 0 Å². The third kappa shape index (κ3) is 19.7. The van der Waals surface area contributed by atoms with Gasteiger partial charge >= 0.3 is 113 Å². The third-order valence-corrected chi connectivity index (χ3v) is 2.80. The summed E-state index contributed by atoms with van der Waals surface area (Å²) < 4.78 is 0. The van der Waals surface area contributed by atoms with Crippen molar-refractivity contribution in [1.29, 1.82) is 0 Å². The van der Waals surface area contributed by atoms with E-state index >= 15 is 0 Å². The van der Waals surface area contributed by atoms with E-state index in [4.69, 9.17) is 10.2 Å². The van der Waals surface area contributed by atoms with Crippen LogP contribution in [0.2, 0.25) is 0 Å². The fourth-order valence-electron chi connectivity index (χ4n) is 1.37. The molecule has 0 rings (SSSR count). The molecule has 0 heterocycles. The normalized spacial score (nSPS) is 13.0. The Morgan fingerprint density at radius 3 is 0.897 bits per heavy atom. The number of carbonyl (C=O) groups is 4. The molecule has 2 atom stereocenters. The molecular weight excluding hydrogens is 520 g/mol. The minimum atomic E-state index is -2.77. The van der Waals surface area contributed by atoms with E-state index in [0.717, 1.165) is 0 Å². The SMILES string of the molecule is O=C([O-])CC(O)(CC([O-])=S)C(=O)[O-].O=C([O-])CC(O)(CC([O-])=S)C(=O)[O-].[Ca+2].[Ca+2].[Ca+2]. The first-order chi connectivity index (χ1) is 11.6. The Morgan fingerprint density at radius 2 is 0.793 bits per heavy atom. The van der Waals surface area contributed by atoms with Gasteiger partial charge in [0, 0.05) is 37.6 Å². The molecule has 2 N–H and O–H groups in total. The van der Waals surface area contributed by atoms with Gasteiger partial charge in [0.15, 0.2) is 0 Å². The Hall–Kier alpha value is 1.36. The van der Waals surface area contributed by atoms with E-state index in [2.05, 4.69) is 24.4 Å². The van der Waals surface area contributed by atoms with Gasteiger partial charge < -0.3 is 60.0 Å². The molecule has 17 heteroatoms. The van der Waals surface area contributed by atoms with Crippen LogP contribution >= 0.6 is 24.4 Å². The van der Waals surface area contributed by atoms with Crippen molar-refractivity contribution in [2.24, 2.45) is 0 Å². The van der Waals surface area contributed by atoms with Crippen molar-refractivity contribution in [3.05, 3.63) is 0 Å². The number of hydrogen-bond donors (Lipinski definition) is 2. The molecule has 0 radical (unpaired) electrons. The number of carboxylic acids is 4. The van der Waals surface area contributed by atoms with Crippen LogP contribution in [0.15, 0.2) is 0 Å². The van der Waals surface area contributed by atoms with Crippen LogP contribution in [-0.4, -0.2) is 169 Å². The van der Waals surface area contributed by atoms with Crippen molar-refractivity contribution >= 4 is 172 Å². The quantitative estimate of drug-likeness (QED) is 0.197. The van der Waals surface area contributed by atoms with Crippen LogP contribution in [0, 0.1) is 0 Å². The van der Waals surface area contributed by atoms with Crippen LogP contribution in [0.1, 0.15) is 25.7 Å². The molecule has 0 aromatic heterocycles. The summed E-state index contributed by atoms with van der Waals surface area (Å²) in [5.41, 5.74) is -5.53. The second-order valence-electron chi connectivity index (χ2n) is 4.83. The maximum Gasteiger partial charge on any atom is 2.00 e. The topological polar surface area (TPSA) is 247 Å². The van der Waals surface area contributed by atoms with E-state index in [-0.39, 0.29) is 113 Å². The molecule has 148 valence electrons. The van der Waals surface area contributed by atoms with Crippen molar-refractivity contribution in [1.82, 2.24) is 0 Å². The molecule has 0 spiro atoms. The molecule has 0 aliphatic carbocycles. The zero-order valence-electron chi connectivity index (χ0n) is 14.7. The maximum atomic E-state index is 10.3. The molecule has 0 aliphatic heterocycles. The van der Waals surface area contributed by atoms with Gasteiger partial charge in [0.05, 0.1) is 11.9 Å². The molecule has 0 aromatic rings. The third-order valence-electron chi connectivity index (χ3n) is 2.51. The number of aliphatic carboxylic acids is 4. The first-order valence-electron chi connectivity index (χ1n) is 6.23. The fourth-order valence-corrected chi connectivity index (χ4v) is 1.85. The van der Waals surface area contributed by atoms with Gasteiger partial charge in [-0.3, -0.25) is 0 Å². The summed E-state index contributed by atoms with van der Waals surface area (Å²) in [6.45, 7) is 0. The second-order valence-corrected chi connectivity index (χ2v) is 5.74. The minimum absolute atomic E-state index is 0. The van der Waals surface area contributed by atoms with Crippen molar-refractivity contribution in [3.8, 4) is 0 Å². The second kappa shape index (κ2) is 18.9. The molecule has 0 saturated heterocycles. The summed E-state index contributed by atoms with van der Waals surface area (Å²) >= 11 is 7.99. The molecule has 2 unspecified atom stereocenters. The fraction of sp³-hybridized carbons (Fsp3) is 0.500. The van der Waals surface area contributed by atoms with Gasteiger partial charge in [0.1, 0.15) is 11.2 Å². The summed E-state index contributed by atoms with van der Waals surface area (Å²) in [6.07, 6.45) is -4.42. The Morgan fingerprint density at radius 1 is 0.586 bits per heavy atom. The molecule has 0 amide bonds. The van der Waals surface area contributed by atoms with Crippen molar-refractivity contribution in [2.45, 2.75) is 36.9 Å². The van der Waals surface area contributed by atoms with E-state index in [1.807, 2.05) is 0 Å². The molecule has 0 aliphatic rings. The molecule has 0 fully saturated rings. The summed E-state index contributed by atoms with van der Waals surface area (Å²) in [6, 6.07) is 0. The predicted molar refractivity (Wildman–Crippen MR) is 90.9 cm³/mol. The zero-order chi connectivity index (χ0) is 21.3. The van der Waals surface area contributed by atoms with E-state index < -0.39 is 70.9 Å². The van der Waals surface area contributed by atoms with Crippen LogP contribution in [0.4, 0.5) is 0 Å². The van der Waals surface area contributed by atoms with Gasteiger partial charge in [-0.05, 0) is 0 Å². The Bertz CT molecular complexity index is 529. The van der Waals surface area contributed by atoms with E-state index in [0.29, 0.717) is 0 Å². The number of aliphatic hydroxyl groups is 2. The Balaban J connectivity index is -0.000000120. The summed E-state index contributed by atoms with van der Waals surface area (Å²) in [5.74, 6) is -7.73. The molecule has 29 heavy (non-hydrogen) atoms. The maximum absolute atomic E-state index is 10.3. The van der Waals surface area contributed by atoms with Gasteiger partial charge in [-0.25, -0.2) is 0 Å². The number of thiocarbonyl (C=S) groups is 2. The van der Waals surface area contributed by atoms with Gasteiger partial charge in [-0.15, -0.1) is 24.4 Å². The average molecular weight is 531 g/mol. The molecule has 0 aromatic carbocycles. The van der Waals surface area contributed by atoms with Crippen molar-refractivity contribution in [2.75, 3.05) is 0 Å². The van der Waals surface area contributed by atoms with E-state index in [1.54, 1.807) is 0 Å². The average Bonchev–Trinajstić information content (AvgIpc) is 2.34. The van der Waals surface area contributed by atoms with Crippen LogP contribution in [0.25, 0.3) is 0 Å². The first-order valence-corrected chi connectivity index (χ1v) is 7.04. The number of hydrogen-bond acceptors (Lipinski definition) is 14. The van der Waals surface area contributed by atoms with Gasteiger partial charge in [0.25, 0.3) is 0 Å². The largest absolute Gasteiger partial charge is 2.00 e. The molecular formula is C12H10Ca3O12S2. The smallest absolute Gasteiger partial charge is 0.867 e.